The van der Waals surface area contributed by atoms with Gasteiger partial charge in [0.15, 0.2) is 0 Å². The van der Waals surface area contributed by atoms with Crippen LogP contribution in [0.25, 0.3) is 0 Å². The summed E-state index contributed by atoms with van der Waals surface area (Å²) in [4.78, 5) is 0. The van der Waals surface area contributed by atoms with E-state index in [1.165, 1.54) is 5.56 Å². The van der Waals surface area contributed by atoms with Crippen LogP contribution in [-0.2, 0) is 12.8 Å². The second-order valence-corrected chi connectivity index (χ2v) is 3.41. The summed E-state index contributed by atoms with van der Waals surface area (Å²) >= 11 is 0. The number of rotatable bonds is 4. The fourth-order valence-electron chi connectivity index (χ4n) is 1.66. The van der Waals surface area contributed by atoms with Crippen LogP contribution in [0, 0.1) is 0 Å². The Bertz CT molecular complexity index is 266. The number of phenols is 1. The Balaban J connectivity index is 2.95. The quantitative estimate of drug-likeness (QED) is 0.750. The molecular formula is C12H18O. The average Bonchev–Trinajstić information content (AvgIpc) is 2.11. The molecule has 0 aliphatic rings. The van der Waals surface area contributed by atoms with E-state index in [1.807, 2.05) is 6.07 Å². The van der Waals surface area contributed by atoms with Crippen molar-refractivity contribution in [3.8, 4) is 5.75 Å². The third kappa shape index (κ3) is 2.48. The molecule has 1 N–H and O–H groups in total. The van der Waals surface area contributed by atoms with Gasteiger partial charge in [0.1, 0.15) is 5.75 Å². The Hall–Kier alpha value is -0.980. The first-order valence-electron chi connectivity index (χ1n) is 5.09. The van der Waals surface area contributed by atoms with Gasteiger partial charge in [-0.3, -0.25) is 0 Å². The zero-order chi connectivity index (χ0) is 9.68. The van der Waals surface area contributed by atoms with Crippen molar-refractivity contribution in [2.75, 3.05) is 0 Å². The predicted octanol–water partition coefficient (Wildman–Crippen LogP) is 3.30. The molecule has 0 aliphatic heterocycles. The largest absolute Gasteiger partial charge is 0.508 e. The Morgan fingerprint density at radius 2 is 1.77 bits per heavy atom. The second kappa shape index (κ2) is 4.90. The lowest BCUT2D eigenvalue weighted by atomic mass is 9.99. The van der Waals surface area contributed by atoms with E-state index in [2.05, 4.69) is 19.9 Å². The molecule has 1 aromatic rings. The Labute approximate surface area is 80.4 Å². The van der Waals surface area contributed by atoms with E-state index >= 15 is 0 Å². The van der Waals surface area contributed by atoms with Crippen molar-refractivity contribution in [1.29, 1.82) is 0 Å². The van der Waals surface area contributed by atoms with Gasteiger partial charge < -0.3 is 5.11 Å². The Kier molecular flexibility index (Phi) is 3.81. The monoisotopic (exact) mass is 178 g/mol. The third-order valence-electron chi connectivity index (χ3n) is 2.27. The number of aromatic hydroxyl groups is 1. The van der Waals surface area contributed by atoms with E-state index in [1.54, 1.807) is 6.07 Å². The number of phenolic OH excluding ortho intramolecular Hbond substituents is 1. The standard InChI is InChI=1S/C12H18O/c1-3-6-10-8-5-9-12(13)11(10)7-4-2/h5,8-9,13H,3-4,6-7H2,1-2H3. The predicted molar refractivity (Wildman–Crippen MR) is 56.1 cm³/mol. The summed E-state index contributed by atoms with van der Waals surface area (Å²) in [5.41, 5.74) is 2.45. The van der Waals surface area contributed by atoms with Crippen molar-refractivity contribution >= 4 is 0 Å². The van der Waals surface area contributed by atoms with E-state index in [-0.39, 0.29) is 0 Å². The summed E-state index contributed by atoms with van der Waals surface area (Å²) in [5, 5.41) is 9.65. The summed E-state index contributed by atoms with van der Waals surface area (Å²) in [7, 11) is 0. The fourth-order valence-corrected chi connectivity index (χ4v) is 1.66. The highest BCUT2D eigenvalue weighted by Gasteiger charge is 2.04. The smallest absolute Gasteiger partial charge is 0.119 e. The lowest BCUT2D eigenvalue weighted by Gasteiger charge is -2.09. The van der Waals surface area contributed by atoms with Gasteiger partial charge in [0.25, 0.3) is 0 Å². The molecule has 0 unspecified atom stereocenters. The van der Waals surface area contributed by atoms with Gasteiger partial charge in [-0.15, -0.1) is 0 Å². The highest BCUT2D eigenvalue weighted by atomic mass is 16.3. The molecule has 0 aromatic heterocycles. The second-order valence-electron chi connectivity index (χ2n) is 3.41. The molecule has 0 heterocycles. The first-order chi connectivity index (χ1) is 6.29. The molecule has 0 radical (unpaired) electrons. The highest BCUT2D eigenvalue weighted by molar-refractivity contribution is 5.39. The van der Waals surface area contributed by atoms with Crippen LogP contribution in [0.4, 0.5) is 0 Å². The molecule has 0 fully saturated rings. The van der Waals surface area contributed by atoms with Crippen LogP contribution >= 0.6 is 0 Å². The van der Waals surface area contributed by atoms with Crippen LogP contribution in [0.3, 0.4) is 0 Å². The van der Waals surface area contributed by atoms with E-state index in [0.717, 1.165) is 31.2 Å². The molecule has 0 saturated heterocycles. The topological polar surface area (TPSA) is 20.2 Å². The molecule has 72 valence electrons. The summed E-state index contributed by atoms with van der Waals surface area (Å²) in [6.07, 6.45) is 4.29. The van der Waals surface area contributed by atoms with Crippen LogP contribution in [0.15, 0.2) is 18.2 Å². The maximum atomic E-state index is 9.65. The molecule has 0 bridgehead atoms. The first-order valence-corrected chi connectivity index (χ1v) is 5.09. The van der Waals surface area contributed by atoms with Crippen molar-refractivity contribution < 1.29 is 5.11 Å². The van der Waals surface area contributed by atoms with E-state index in [9.17, 15) is 5.11 Å². The molecule has 1 rings (SSSR count). The van der Waals surface area contributed by atoms with Gasteiger partial charge in [0.05, 0.1) is 0 Å². The minimum absolute atomic E-state index is 0.466. The molecule has 0 spiro atoms. The molecule has 0 saturated carbocycles. The maximum absolute atomic E-state index is 9.65. The van der Waals surface area contributed by atoms with E-state index in [0.29, 0.717) is 5.75 Å². The average molecular weight is 178 g/mol. The summed E-state index contributed by atoms with van der Waals surface area (Å²) in [5.74, 6) is 0.466. The van der Waals surface area contributed by atoms with Crippen LogP contribution < -0.4 is 0 Å². The van der Waals surface area contributed by atoms with Crippen molar-refractivity contribution in [2.45, 2.75) is 39.5 Å². The first kappa shape index (κ1) is 10.1. The minimum Gasteiger partial charge on any atom is -0.508 e. The van der Waals surface area contributed by atoms with E-state index < -0.39 is 0 Å². The van der Waals surface area contributed by atoms with Crippen LogP contribution in [0.2, 0.25) is 0 Å². The van der Waals surface area contributed by atoms with Crippen LogP contribution in [0.5, 0.6) is 5.75 Å². The maximum Gasteiger partial charge on any atom is 0.119 e. The molecule has 0 aliphatic carbocycles. The van der Waals surface area contributed by atoms with Crippen LogP contribution in [0.1, 0.15) is 37.8 Å². The molecule has 13 heavy (non-hydrogen) atoms. The third-order valence-corrected chi connectivity index (χ3v) is 2.27. The molecule has 1 nitrogen and oxygen atoms in total. The van der Waals surface area contributed by atoms with Gasteiger partial charge in [-0.25, -0.2) is 0 Å². The van der Waals surface area contributed by atoms with Gasteiger partial charge in [-0.1, -0.05) is 38.8 Å². The summed E-state index contributed by atoms with van der Waals surface area (Å²) in [6.45, 7) is 4.31. The Morgan fingerprint density at radius 3 is 2.38 bits per heavy atom. The van der Waals surface area contributed by atoms with Gasteiger partial charge in [-0.05, 0) is 30.0 Å². The number of hydrogen-bond acceptors (Lipinski definition) is 1. The zero-order valence-corrected chi connectivity index (χ0v) is 8.51. The van der Waals surface area contributed by atoms with Crippen molar-refractivity contribution in [3.05, 3.63) is 29.3 Å². The van der Waals surface area contributed by atoms with Gasteiger partial charge in [-0.2, -0.15) is 0 Å². The van der Waals surface area contributed by atoms with Crippen molar-refractivity contribution in [3.63, 3.8) is 0 Å². The van der Waals surface area contributed by atoms with Crippen molar-refractivity contribution in [2.24, 2.45) is 0 Å². The van der Waals surface area contributed by atoms with Gasteiger partial charge in [0.2, 0.25) is 0 Å². The SMILES string of the molecule is CCCc1cccc(O)c1CCC. The lowest BCUT2D eigenvalue weighted by molar-refractivity contribution is 0.466. The lowest BCUT2D eigenvalue weighted by Crippen LogP contribution is -1.93. The molecule has 0 amide bonds. The molecule has 0 atom stereocenters. The minimum atomic E-state index is 0.466. The number of benzene rings is 1. The summed E-state index contributed by atoms with van der Waals surface area (Å²) in [6, 6.07) is 5.83. The van der Waals surface area contributed by atoms with Gasteiger partial charge >= 0.3 is 0 Å². The normalized spacial score (nSPS) is 10.3. The number of hydrogen-bond donors (Lipinski definition) is 1. The molecular weight excluding hydrogens is 160 g/mol. The zero-order valence-electron chi connectivity index (χ0n) is 8.51. The molecule has 1 heteroatoms. The summed E-state index contributed by atoms with van der Waals surface area (Å²) < 4.78 is 0. The fraction of sp³-hybridized carbons (Fsp3) is 0.500. The van der Waals surface area contributed by atoms with Crippen molar-refractivity contribution in [1.82, 2.24) is 0 Å². The Morgan fingerprint density at radius 1 is 1.08 bits per heavy atom. The number of aryl methyl sites for hydroxylation is 1. The van der Waals surface area contributed by atoms with Gasteiger partial charge in [0, 0.05) is 0 Å². The highest BCUT2D eigenvalue weighted by Crippen LogP contribution is 2.23. The van der Waals surface area contributed by atoms with E-state index in [4.69, 9.17) is 0 Å². The van der Waals surface area contributed by atoms with Crippen LogP contribution in [-0.4, -0.2) is 5.11 Å². The molecule has 1 aromatic carbocycles.